The van der Waals surface area contributed by atoms with Crippen LogP contribution in [0.25, 0.3) is 21.7 Å². The third kappa shape index (κ3) is 2.54. The lowest BCUT2D eigenvalue weighted by Gasteiger charge is -2.04. The molecule has 0 bridgehead atoms. The molecule has 0 saturated carbocycles. The van der Waals surface area contributed by atoms with E-state index in [9.17, 15) is 5.26 Å². The highest BCUT2D eigenvalue weighted by Crippen LogP contribution is 2.32. The molecule has 3 heteroatoms. The van der Waals surface area contributed by atoms with Gasteiger partial charge < -0.3 is 4.74 Å². The molecule has 3 aromatic rings. The molecule has 0 unspecified atom stereocenters. The SMILES string of the molecule is COc1ccccc1/C=C(\C#N)c1csc2ccccc12. The van der Waals surface area contributed by atoms with E-state index in [-0.39, 0.29) is 0 Å². The molecule has 0 N–H and O–H groups in total. The molecular formula is C18H13NOS. The minimum atomic E-state index is 0.650. The van der Waals surface area contributed by atoms with Crippen LogP contribution in [0, 0.1) is 11.3 Å². The van der Waals surface area contributed by atoms with Crippen molar-refractivity contribution >= 4 is 33.1 Å². The second-order valence-electron chi connectivity index (χ2n) is 4.56. The normalized spacial score (nSPS) is 11.3. The van der Waals surface area contributed by atoms with Crippen LogP contribution in [0.4, 0.5) is 0 Å². The van der Waals surface area contributed by atoms with Crippen LogP contribution in [0.3, 0.4) is 0 Å². The number of ether oxygens (including phenoxy) is 1. The first-order valence-corrected chi connectivity index (χ1v) is 7.43. The van der Waals surface area contributed by atoms with E-state index in [1.807, 2.05) is 47.9 Å². The molecule has 3 rings (SSSR count). The number of rotatable bonds is 3. The molecule has 0 fully saturated rings. The van der Waals surface area contributed by atoms with Gasteiger partial charge in [-0.2, -0.15) is 5.26 Å². The van der Waals surface area contributed by atoms with Gasteiger partial charge in [-0.1, -0.05) is 36.4 Å². The van der Waals surface area contributed by atoms with Crippen molar-refractivity contribution in [3.8, 4) is 11.8 Å². The Labute approximate surface area is 127 Å². The van der Waals surface area contributed by atoms with E-state index in [4.69, 9.17) is 4.74 Å². The fraction of sp³-hybridized carbons (Fsp3) is 0.0556. The van der Waals surface area contributed by atoms with E-state index in [1.165, 1.54) is 4.70 Å². The molecule has 0 amide bonds. The summed E-state index contributed by atoms with van der Waals surface area (Å²) in [6.45, 7) is 0. The molecule has 21 heavy (non-hydrogen) atoms. The number of nitrogens with zero attached hydrogens (tertiary/aromatic N) is 1. The minimum Gasteiger partial charge on any atom is -0.496 e. The fourth-order valence-corrected chi connectivity index (χ4v) is 3.26. The number of methoxy groups -OCH3 is 1. The van der Waals surface area contributed by atoms with Gasteiger partial charge in [0.25, 0.3) is 0 Å². The highest BCUT2D eigenvalue weighted by molar-refractivity contribution is 7.17. The van der Waals surface area contributed by atoms with Crippen molar-refractivity contribution in [2.75, 3.05) is 7.11 Å². The Morgan fingerprint density at radius 1 is 1.14 bits per heavy atom. The third-order valence-electron chi connectivity index (χ3n) is 3.33. The summed E-state index contributed by atoms with van der Waals surface area (Å²) < 4.78 is 6.53. The zero-order valence-electron chi connectivity index (χ0n) is 11.5. The van der Waals surface area contributed by atoms with Crippen LogP contribution in [0.15, 0.2) is 53.9 Å². The Hall–Kier alpha value is -2.57. The van der Waals surface area contributed by atoms with Gasteiger partial charge in [-0.3, -0.25) is 0 Å². The molecule has 2 aromatic carbocycles. The maximum atomic E-state index is 9.53. The van der Waals surface area contributed by atoms with Gasteiger partial charge in [0.1, 0.15) is 5.75 Å². The lowest BCUT2D eigenvalue weighted by Crippen LogP contribution is -1.87. The van der Waals surface area contributed by atoms with Crippen molar-refractivity contribution in [2.24, 2.45) is 0 Å². The second-order valence-corrected chi connectivity index (χ2v) is 5.47. The van der Waals surface area contributed by atoms with Gasteiger partial charge >= 0.3 is 0 Å². The van der Waals surface area contributed by atoms with Crippen LogP contribution < -0.4 is 4.74 Å². The maximum Gasteiger partial charge on any atom is 0.126 e. The summed E-state index contributed by atoms with van der Waals surface area (Å²) in [5, 5.41) is 12.7. The number of para-hydroxylation sites is 1. The summed E-state index contributed by atoms with van der Waals surface area (Å²) >= 11 is 1.65. The largest absolute Gasteiger partial charge is 0.496 e. The average molecular weight is 291 g/mol. The summed E-state index contributed by atoms with van der Waals surface area (Å²) in [6.07, 6.45) is 1.88. The molecule has 102 valence electrons. The standard InChI is InChI=1S/C18H13NOS/c1-20-17-8-4-2-6-13(17)10-14(11-19)16-12-21-18-9-5-3-7-15(16)18/h2-10,12H,1H3/b14-10+. The molecule has 0 aliphatic carbocycles. The van der Waals surface area contributed by atoms with Crippen LogP contribution in [0.1, 0.15) is 11.1 Å². The van der Waals surface area contributed by atoms with E-state index in [0.717, 1.165) is 22.3 Å². The first-order chi connectivity index (χ1) is 10.3. The Balaban J connectivity index is 2.14. The molecule has 0 aliphatic rings. The first-order valence-electron chi connectivity index (χ1n) is 6.55. The molecule has 1 aromatic heterocycles. The van der Waals surface area contributed by atoms with E-state index >= 15 is 0 Å². The predicted octanol–water partition coefficient (Wildman–Crippen LogP) is 4.97. The third-order valence-corrected chi connectivity index (χ3v) is 4.29. The van der Waals surface area contributed by atoms with E-state index in [1.54, 1.807) is 18.4 Å². The zero-order chi connectivity index (χ0) is 14.7. The minimum absolute atomic E-state index is 0.650. The van der Waals surface area contributed by atoms with Gasteiger partial charge in [0.15, 0.2) is 0 Å². The molecule has 0 aliphatic heterocycles. The van der Waals surface area contributed by atoms with Crippen molar-refractivity contribution in [2.45, 2.75) is 0 Å². The summed E-state index contributed by atoms with van der Waals surface area (Å²) in [6, 6.07) is 18.1. The number of hydrogen-bond donors (Lipinski definition) is 0. The monoisotopic (exact) mass is 291 g/mol. The highest BCUT2D eigenvalue weighted by Gasteiger charge is 2.09. The van der Waals surface area contributed by atoms with Crippen molar-refractivity contribution < 1.29 is 4.74 Å². The molecule has 0 saturated heterocycles. The van der Waals surface area contributed by atoms with Gasteiger partial charge in [0, 0.05) is 26.6 Å². The van der Waals surface area contributed by atoms with Crippen LogP contribution in [-0.2, 0) is 0 Å². The zero-order valence-corrected chi connectivity index (χ0v) is 12.4. The van der Waals surface area contributed by atoms with Crippen molar-refractivity contribution in [1.82, 2.24) is 0 Å². The Morgan fingerprint density at radius 2 is 1.90 bits per heavy atom. The van der Waals surface area contributed by atoms with E-state index in [0.29, 0.717) is 5.57 Å². The van der Waals surface area contributed by atoms with Gasteiger partial charge in [0.2, 0.25) is 0 Å². The van der Waals surface area contributed by atoms with Crippen molar-refractivity contribution in [3.63, 3.8) is 0 Å². The van der Waals surface area contributed by atoms with Gasteiger partial charge in [-0.15, -0.1) is 11.3 Å². The van der Waals surface area contributed by atoms with Crippen LogP contribution in [-0.4, -0.2) is 7.11 Å². The van der Waals surface area contributed by atoms with Gasteiger partial charge in [-0.25, -0.2) is 0 Å². The maximum absolute atomic E-state index is 9.53. The Kier molecular flexibility index (Phi) is 3.72. The van der Waals surface area contributed by atoms with E-state index < -0.39 is 0 Å². The Bertz CT molecular complexity index is 855. The summed E-state index contributed by atoms with van der Waals surface area (Å²) in [5.74, 6) is 0.768. The summed E-state index contributed by atoms with van der Waals surface area (Å²) in [4.78, 5) is 0. The number of allylic oxidation sites excluding steroid dienone is 1. The molecule has 1 heterocycles. The molecule has 2 nitrogen and oxygen atoms in total. The smallest absolute Gasteiger partial charge is 0.126 e. The van der Waals surface area contributed by atoms with Crippen LogP contribution >= 0.6 is 11.3 Å². The van der Waals surface area contributed by atoms with Crippen molar-refractivity contribution in [3.05, 3.63) is 65.0 Å². The van der Waals surface area contributed by atoms with Crippen LogP contribution in [0.5, 0.6) is 5.75 Å². The molecular weight excluding hydrogens is 278 g/mol. The lowest BCUT2D eigenvalue weighted by molar-refractivity contribution is 0.414. The first kappa shape index (κ1) is 13.4. The topological polar surface area (TPSA) is 33.0 Å². The highest BCUT2D eigenvalue weighted by atomic mass is 32.1. The fourth-order valence-electron chi connectivity index (χ4n) is 2.30. The average Bonchev–Trinajstić information content (AvgIpc) is 2.97. The number of thiophene rings is 1. The lowest BCUT2D eigenvalue weighted by atomic mass is 10.0. The number of fused-ring (bicyclic) bond motifs is 1. The molecule has 0 spiro atoms. The van der Waals surface area contributed by atoms with Crippen LogP contribution in [0.2, 0.25) is 0 Å². The number of hydrogen-bond acceptors (Lipinski definition) is 3. The number of nitriles is 1. The molecule has 0 radical (unpaired) electrons. The van der Waals surface area contributed by atoms with Gasteiger partial charge in [0.05, 0.1) is 18.8 Å². The number of benzene rings is 2. The summed E-state index contributed by atoms with van der Waals surface area (Å²) in [5.41, 5.74) is 2.53. The predicted molar refractivity (Wildman–Crippen MR) is 88.3 cm³/mol. The van der Waals surface area contributed by atoms with E-state index in [2.05, 4.69) is 18.2 Å². The van der Waals surface area contributed by atoms with Gasteiger partial charge in [-0.05, 0) is 18.2 Å². The quantitative estimate of drug-likeness (QED) is 0.638. The summed E-state index contributed by atoms with van der Waals surface area (Å²) in [7, 11) is 1.64. The van der Waals surface area contributed by atoms with Crippen molar-refractivity contribution in [1.29, 1.82) is 5.26 Å². The Morgan fingerprint density at radius 3 is 2.71 bits per heavy atom. The molecule has 0 atom stereocenters. The second kappa shape index (κ2) is 5.82.